The van der Waals surface area contributed by atoms with Crippen molar-refractivity contribution < 1.29 is 18.0 Å². The Labute approximate surface area is 157 Å². The molecular formula is C20H26F3N3O. The van der Waals surface area contributed by atoms with Gasteiger partial charge in [0.1, 0.15) is 5.69 Å². The number of piperidine rings is 1. The fraction of sp³-hybridized carbons (Fsp3) is 0.700. The summed E-state index contributed by atoms with van der Waals surface area (Å²) in [6.45, 7) is 3.23. The average molecular weight is 381 g/mol. The summed E-state index contributed by atoms with van der Waals surface area (Å²) in [6, 6.07) is 2.75. The minimum absolute atomic E-state index is 0.270. The molecule has 0 N–H and O–H groups in total. The Kier molecular flexibility index (Phi) is 5.03. The van der Waals surface area contributed by atoms with Crippen molar-refractivity contribution in [2.75, 3.05) is 31.1 Å². The molecule has 7 heteroatoms. The number of aromatic nitrogens is 1. The summed E-state index contributed by atoms with van der Waals surface area (Å²) in [5.41, 5.74) is -0.286. The van der Waals surface area contributed by atoms with Gasteiger partial charge in [0.2, 0.25) is 5.91 Å². The van der Waals surface area contributed by atoms with Gasteiger partial charge in [-0.1, -0.05) is 6.42 Å². The van der Waals surface area contributed by atoms with Gasteiger partial charge in [-0.15, -0.1) is 0 Å². The third kappa shape index (κ3) is 4.06. The predicted octanol–water partition coefficient (Wildman–Crippen LogP) is 3.97. The number of carbonyl (C=O) groups is 1. The summed E-state index contributed by atoms with van der Waals surface area (Å²) in [5.74, 6) is 2.03. The first kappa shape index (κ1) is 18.6. The molecule has 0 aromatic carbocycles. The summed E-state index contributed by atoms with van der Waals surface area (Å²) in [5, 5.41) is 0. The fourth-order valence-electron chi connectivity index (χ4n) is 4.98. The molecule has 1 amide bonds. The lowest BCUT2D eigenvalue weighted by atomic mass is 9.92. The van der Waals surface area contributed by atoms with E-state index < -0.39 is 11.9 Å². The zero-order valence-corrected chi connectivity index (χ0v) is 15.4. The van der Waals surface area contributed by atoms with Crippen LogP contribution in [-0.4, -0.2) is 42.0 Å². The highest BCUT2D eigenvalue weighted by Crippen LogP contribution is 2.38. The van der Waals surface area contributed by atoms with E-state index in [2.05, 4.69) is 9.88 Å². The molecule has 0 radical (unpaired) electrons. The second kappa shape index (κ2) is 7.32. The van der Waals surface area contributed by atoms with Crippen LogP contribution < -0.4 is 4.90 Å². The first-order valence-corrected chi connectivity index (χ1v) is 9.96. The molecule has 2 unspecified atom stereocenters. The van der Waals surface area contributed by atoms with Crippen LogP contribution in [0.4, 0.5) is 18.9 Å². The van der Waals surface area contributed by atoms with Crippen molar-refractivity contribution in [2.24, 2.45) is 17.8 Å². The molecule has 2 atom stereocenters. The van der Waals surface area contributed by atoms with Crippen molar-refractivity contribution in [1.82, 2.24) is 9.88 Å². The van der Waals surface area contributed by atoms with Crippen LogP contribution in [0.3, 0.4) is 0 Å². The van der Waals surface area contributed by atoms with E-state index in [1.165, 1.54) is 25.5 Å². The fourth-order valence-corrected chi connectivity index (χ4v) is 4.98. The van der Waals surface area contributed by atoms with Crippen LogP contribution in [0.15, 0.2) is 18.3 Å². The third-order valence-corrected chi connectivity index (χ3v) is 6.56. The maximum absolute atomic E-state index is 12.9. The van der Waals surface area contributed by atoms with Crippen LogP contribution in [0, 0.1) is 17.8 Å². The van der Waals surface area contributed by atoms with Crippen molar-refractivity contribution in [3.63, 3.8) is 0 Å². The molecule has 2 saturated heterocycles. The summed E-state index contributed by atoms with van der Waals surface area (Å²) in [6.07, 6.45) is 2.90. The molecular weight excluding hydrogens is 355 g/mol. The molecule has 3 aliphatic rings. The number of nitrogens with zero attached hydrogens (tertiary/aromatic N) is 3. The Hall–Kier alpha value is -1.79. The smallest absolute Gasteiger partial charge is 0.371 e. The van der Waals surface area contributed by atoms with Gasteiger partial charge in [-0.2, -0.15) is 13.2 Å². The van der Waals surface area contributed by atoms with E-state index >= 15 is 0 Å². The number of fused-ring (bicyclic) bond motifs is 1. The molecule has 1 aliphatic carbocycles. The normalized spacial score (nSPS) is 26.5. The Morgan fingerprint density at radius 1 is 1.11 bits per heavy atom. The number of rotatable bonds is 3. The van der Waals surface area contributed by atoms with Crippen molar-refractivity contribution in [3.05, 3.63) is 24.0 Å². The van der Waals surface area contributed by atoms with E-state index in [0.717, 1.165) is 32.0 Å². The van der Waals surface area contributed by atoms with Gasteiger partial charge in [0.15, 0.2) is 0 Å². The molecule has 148 valence electrons. The van der Waals surface area contributed by atoms with Gasteiger partial charge < -0.3 is 9.80 Å². The Balaban J connectivity index is 1.29. The average Bonchev–Trinajstić information content (AvgIpc) is 3.24. The van der Waals surface area contributed by atoms with Crippen molar-refractivity contribution in [2.45, 2.75) is 44.7 Å². The summed E-state index contributed by atoms with van der Waals surface area (Å²) in [4.78, 5) is 20.1. The van der Waals surface area contributed by atoms with Crippen LogP contribution in [0.25, 0.3) is 0 Å². The number of hydrogen-bond donors (Lipinski definition) is 0. The first-order chi connectivity index (χ1) is 12.9. The van der Waals surface area contributed by atoms with Crippen LogP contribution in [-0.2, 0) is 11.0 Å². The molecule has 2 aliphatic heterocycles. The summed E-state index contributed by atoms with van der Waals surface area (Å²) >= 11 is 0. The SMILES string of the molecule is O=C(CC1CCN(c2ccnc(C(F)(F)F)c2)CC1)N1CC2CCCC2C1. The number of carbonyl (C=O) groups excluding carboxylic acids is 1. The molecule has 1 aromatic rings. The number of alkyl halides is 3. The molecule has 3 heterocycles. The number of hydrogen-bond acceptors (Lipinski definition) is 3. The van der Waals surface area contributed by atoms with Gasteiger partial charge in [0.25, 0.3) is 0 Å². The standard InChI is InChI=1S/C20H26F3N3O/c21-20(22,23)18-11-17(4-7-24-18)25-8-5-14(6-9-25)10-19(27)26-12-15-2-1-3-16(15)13-26/h4,7,11,14-16H,1-3,5-6,8-10,12-13H2. The van der Waals surface area contributed by atoms with Crippen LogP contribution in [0.1, 0.15) is 44.2 Å². The van der Waals surface area contributed by atoms with Gasteiger partial charge in [0, 0.05) is 44.5 Å². The highest BCUT2D eigenvalue weighted by molar-refractivity contribution is 5.76. The minimum atomic E-state index is -4.42. The topological polar surface area (TPSA) is 36.4 Å². The molecule has 3 fully saturated rings. The van der Waals surface area contributed by atoms with Gasteiger partial charge in [-0.25, -0.2) is 0 Å². The second-order valence-corrected chi connectivity index (χ2v) is 8.28. The molecule has 1 saturated carbocycles. The van der Waals surface area contributed by atoms with E-state index in [4.69, 9.17) is 0 Å². The lowest BCUT2D eigenvalue weighted by Crippen LogP contribution is -2.37. The van der Waals surface area contributed by atoms with E-state index in [1.807, 2.05) is 4.90 Å². The lowest BCUT2D eigenvalue weighted by Gasteiger charge is -2.34. The zero-order chi connectivity index (χ0) is 19.0. The number of halogens is 3. The molecule has 1 aromatic heterocycles. The molecule has 4 nitrogen and oxygen atoms in total. The van der Waals surface area contributed by atoms with Crippen molar-refractivity contribution in [1.29, 1.82) is 0 Å². The van der Waals surface area contributed by atoms with Gasteiger partial charge in [0.05, 0.1) is 0 Å². The van der Waals surface area contributed by atoms with E-state index in [1.54, 1.807) is 6.07 Å². The second-order valence-electron chi connectivity index (χ2n) is 8.28. The first-order valence-electron chi connectivity index (χ1n) is 9.96. The van der Waals surface area contributed by atoms with Crippen LogP contribution in [0.5, 0.6) is 0 Å². The van der Waals surface area contributed by atoms with Crippen molar-refractivity contribution >= 4 is 11.6 Å². The van der Waals surface area contributed by atoms with E-state index in [-0.39, 0.29) is 5.91 Å². The van der Waals surface area contributed by atoms with Gasteiger partial charge in [-0.3, -0.25) is 9.78 Å². The number of anilines is 1. The Morgan fingerprint density at radius 2 is 1.78 bits per heavy atom. The summed E-state index contributed by atoms with van der Waals surface area (Å²) < 4.78 is 38.6. The maximum Gasteiger partial charge on any atom is 0.433 e. The molecule has 0 spiro atoms. The minimum Gasteiger partial charge on any atom is -0.371 e. The predicted molar refractivity (Wildman–Crippen MR) is 96.2 cm³/mol. The monoisotopic (exact) mass is 381 g/mol. The number of likely N-dealkylation sites (tertiary alicyclic amines) is 1. The quantitative estimate of drug-likeness (QED) is 0.795. The Bertz CT molecular complexity index is 673. The number of amides is 1. The van der Waals surface area contributed by atoms with Gasteiger partial charge in [-0.05, 0) is 55.6 Å². The zero-order valence-electron chi connectivity index (χ0n) is 15.4. The summed E-state index contributed by atoms with van der Waals surface area (Å²) in [7, 11) is 0. The van der Waals surface area contributed by atoms with E-state index in [9.17, 15) is 18.0 Å². The highest BCUT2D eigenvalue weighted by atomic mass is 19.4. The lowest BCUT2D eigenvalue weighted by molar-refractivity contribution is -0.141. The molecule has 4 rings (SSSR count). The maximum atomic E-state index is 12.9. The Morgan fingerprint density at radius 3 is 2.41 bits per heavy atom. The number of pyridine rings is 1. The van der Waals surface area contributed by atoms with Crippen molar-refractivity contribution in [3.8, 4) is 0 Å². The van der Waals surface area contributed by atoms with Crippen LogP contribution >= 0.6 is 0 Å². The third-order valence-electron chi connectivity index (χ3n) is 6.56. The van der Waals surface area contributed by atoms with E-state index in [0.29, 0.717) is 43.0 Å². The highest BCUT2D eigenvalue weighted by Gasteiger charge is 2.38. The largest absolute Gasteiger partial charge is 0.433 e. The van der Waals surface area contributed by atoms with Crippen LogP contribution in [0.2, 0.25) is 0 Å². The van der Waals surface area contributed by atoms with Gasteiger partial charge >= 0.3 is 6.18 Å². The molecule has 0 bridgehead atoms. The molecule has 27 heavy (non-hydrogen) atoms.